The van der Waals surface area contributed by atoms with Crippen molar-refractivity contribution in [2.24, 2.45) is 0 Å². The molecular formula is C18H12O5. The van der Waals surface area contributed by atoms with E-state index in [-0.39, 0.29) is 17.1 Å². The van der Waals surface area contributed by atoms with Crippen molar-refractivity contribution >= 4 is 22.7 Å². The molecule has 23 heavy (non-hydrogen) atoms. The monoisotopic (exact) mass is 308 g/mol. The zero-order valence-electron chi connectivity index (χ0n) is 11.9. The van der Waals surface area contributed by atoms with Crippen LogP contribution in [0.2, 0.25) is 0 Å². The van der Waals surface area contributed by atoms with E-state index in [4.69, 9.17) is 9.84 Å². The molecular weight excluding hydrogens is 296 g/mol. The summed E-state index contributed by atoms with van der Waals surface area (Å²) in [7, 11) is 0. The number of benzene rings is 3. The van der Waals surface area contributed by atoms with Crippen molar-refractivity contribution in [3.05, 3.63) is 71.8 Å². The average molecular weight is 308 g/mol. The van der Waals surface area contributed by atoms with Crippen LogP contribution in [0, 0.1) is 0 Å². The number of aromatic hydroxyl groups is 1. The topological polar surface area (TPSA) is 83.8 Å². The summed E-state index contributed by atoms with van der Waals surface area (Å²) in [6.45, 7) is 0. The second-order valence-electron chi connectivity index (χ2n) is 4.97. The fourth-order valence-electron chi connectivity index (χ4n) is 2.22. The Bertz CT molecular complexity index is 914. The van der Waals surface area contributed by atoms with Gasteiger partial charge in [-0.25, -0.2) is 9.59 Å². The van der Waals surface area contributed by atoms with Crippen LogP contribution in [0.3, 0.4) is 0 Å². The fourth-order valence-corrected chi connectivity index (χ4v) is 2.22. The first-order valence-corrected chi connectivity index (χ1v) is 6.81. The first kappa shape index (κ1) is 14.6. The van der Waals surface area contributed by atoms with E-state index in [9.17, 15) is 14.7 Å². The number of carbonyl (C=O) groups excluding carboxylic acids is 1. The molecule has 0 heterocycles. The standard InChI is InChI=1S/C18H12O5/c19-15-7-6-11-8-14(5-4-12(11)9-15)18(22)23-16-3-1-2-13(10-16)17(20)21/h1-10,19H,(H,20,21). The van der Waals surface area contributed by atoms with E-state index in [2.05, 4.69) is 0 Å². The highest BCUT2D eigenvalue weighted by molar-refractivity contribution is 5.97. The van der Waals surface area contributed by atoms with E-state index >= 15 is 0 Å². The summed E-state index contributed by atoms with van der Waals surface area (Å²) in [4.78, 5) is 23.1. The van der Waals surface area contributed by atoms with E-state index in [0.717, 1.165) is 10.8 Å². The van der Waals surface area contributed by atoms with Gasteiger partial charge in [-0.1, -0.05) is 18.2 Å². The van der Waals surface area contributed by atoms with Crippen LogP contribution in [0.25, 0.3) is 10.8 Å². The second kappa shape index (κ2) is 5.81. The Morgan fingerprint density at radius 3 is 2.35 bits per heavy atom. The minimum atomic E-state index is -1.09. The molecule has 2 N–H and O–H groups in total. The van der Waals surface area contributed by atoms with Gasteiger partial charge in [0.15, 0.2) is 0 Å². The molecule has 5 heteroatoms. The maximum absolute atomic E-state index is 12.2. The largest absolute Gasteiger partial charge is 0.508 e. The van der Waals surface area contributed by atoms with Crippen LogP contribution in [0.4, 0.5) is 0 Å². The molecule has 0 bridgehead atoms. The lowest BCUT2D eigenvalue weighted by molar-refractivity contribution is 0.0687. The lowest BCUT2D eigenvalue weighted by atomic mass is 10.1. The molecule has 3 aromatic rings. The SMILES string of the molecule is O=C(O)c1cccc(OC(=O)c2ccc3cc(O)ccc3c2)c1. The summed E-state index contributed by atoms with van der Waals surface area (Å²) < 4.78 is 5.21. The predicted octanol–water partition coefficient (Wildman–Crippen LogP) is 3.46. The number of ether oxygens (including phenoxy) is 1. The van der Waals surface area contributed by atoms with Gasteiger partial charge in [-0.2, -0.15) is 0 Å². The number of hydrogen-bond donors (Lipinski definition) is 2. The molecule has 0 unspecified atom stereocenters. The zero-order valence-corrected chi connectivity index (χ0v) is 11.9. The van der Waals surface area contributed by atoms with Crippen LogP contribution >= 0.6 is 0 Å². The minimum absolute atomic E-state index is 0.0456. The zero-order chi connectivity index (χ0) is 16.4. The van der Waals surface area contributed by atoms with Crippen LogP contribution in [-0.2, 0) is 0 Å². The number of carbonyl (C=O) groups is 2. The van der Waals surface area contributed by atoms with Gasteiger partial charge in [0.05, 0.1) is 11.1 Å². The van der Waals surface area contributed by atoms with Crippen LogP contribution in [0.5, 0.6) is 11.5 Å². The summed E-state index contributed by atoms with van der Waals surface area (Å²) in [5, 5.41) is 20.0. The Morgan fingerprint density at radius 1 is 0.826 bits per heavy atom. The van der Waals surface area contributed by atoms with Gasteiger partial charge >= 0.3 is 11.9 Å². The van der Waals surface area contributed by atoms with Crippen molar-refractivity contribution in [1.82, 2.24) is 0 Å². The molecule has 0 aliphatic heterocycles. The summed E-state index contributed by atoms with van der Waals surface area (Å²) in [5.74, 6) is -1.35. The van der Waals surface area contributed by atoms with E-state index < -0.39 is 11.9 Å². The maximum Gasteiger partial charge on any atom is 0.343 e. The van der Waals surface area contributed by atoms with Crippen molar-refractivity contribution in [1.29, 1.82) is 0 Å². The third kappa shape index (κ3) is 3.13. The Labute approximate surface area is 131 Å². The van der Waals surface area contributed by atoms with Crippen molar-refractivity contribution in [2.75, 3.05) is 0 Å². The molecule has 0 spiro atoms. The van der Waals surface area contributed by atoms with Gasteiger partial charge in [-0.05, 0) is 53.2 Å². The van der Waals surface area contributed by atoms with Crippen LogP contribution in [-0.4, -0.2) is 22.2 Å². The van der Waals surface area contributed by atoms with Crippen molar-refractivity contribution in [3.8, 4) is 11.5 Å². The highest BCUT2D eigenvalue weighted by atomic mass is 16.5. The molecule has 5 nitrogen and oxygen atoms in total. The third-order valence-electron chi connectivity index (χ3n) is 3.35. The van der Waals surface area contributed by atoms with Crippen molar-refractivity contribution in [3.63, 3.8) is 0 Å². The maximum atomic E-state index is 12.2. The van der Waals surface area contributed by atoms with Gasteiger partial charge in [-0.15, -0.1) is 0 Å². The van der Waals surface area contributed by atoms with E-state index in [1.54, 1.807) is 30.3 Å². The van der Waals surface area contributed by atoms with Gasteiger partial charge in [0.25, 0.3) is 0 Å². The highest BCUT2D eigenvalue weighted by Gasteiger charge is 2.11. The second-order valence-corrected chi connectivity index (χ2v) is 4.97. The number of esters is 1. The molecule has 3 rings (SSSR count). The van der Waals surface area contributed by atoms with Gasteiger partial charge in [-0.3, -0.25) is 0 Å². The number of carboxylic acids is 1. The summed E-state index contributed by atoms with van der Waals surface area (Å²) in [5.41, 5.74) is 0.383. The number of aromatic carboxylic acids is 1. The van der Waals surface area contributed by atoms with E-state index in [0.29, 0.717) is 5.56 Å². The van der Waals surface area contributed by atoms with E-state index in [1.807, 2.05) is 0 Å². The molecule has 0 radical (unpaired) electrons. The number of phenols is 1. The van der Waals surface area contributed by atoms with Crippen molar-refractivity contribution in [2.45, 2.75) is 0 Å². The molecule has 0 aliphatic rings. The number of carboxylic acid groups (broad SMARTS) is 1. The smallest absolute Gasteiger partial charge is 0.343 e. The van der Waals surface area contributed by atoms with Gasteiger partial charge < -0.3 is 14.9 Å². The minimum Gasteiger partial charge on any atom is -0.508 e. The molecule has 0 saturated heterocycles. The highest BCUT2D eigenvalue weighted by Crippen LogP contribution is 2.22. The summed E-state index contributed by atoms with van der Waals surface area (Å²) in [6.07, 6.45) is 0. The molecule has 0 amide bonds. The first-order valence-electron chi connectivity index (χ1n) is 6.81. The number of fused-ring (bicyclic) bond motifs is 1. The normalized spacial score (nSPS) is 10.4. The Balaban J connectivity index is 1.87. The van der Waals surface area contributed by atoms with Gasteiger partial charge in [0.2, 0.25) is 0 Å². The number of hydrogen-bond acceptors (Lipinski definition) is 4. The van der Waals surface area contributed by atoms with Gasteiger partial charge in [0.1, 0.15) is 11.5 Å². The van der Waals surface area contributed by atoms with Crippen molar-refractivity contribution < 1.29 is 24.5 Å². The Morgan fingerprint density at radius 2 is 1.57 bits per heavy atom. The Kier molecular flexibility index (Phi) is 3.68. The third-order valence-corrected chi connectivity index (χ3v) is 3.35. The lowest BCUT2D eigenvalue weighted by Gasteiger charge is -2.06. The van der Waals surface area contributed by atoms with Gasteiger partial charge in [0, 0.05) is 0 Å². The molecule has 0 fully saturated rings. The fraction of sp³-hybridized carbons (Fsp3) is 0. The average Bonchev–Trinajstić information content (AvgIpc) is 2.54. The molecule has 0 aliphatic carbocycles. The molecule has 0 aromatic heterocycles. The summed E-state index contributed by atoms with van der Waals surface area (Å²) in [6, 6.07) is 15.5. The van der Waals surface area contributed by atoms with Crippen LogP contribution < -0.4 is 4.74 Å². The molecule has 3 aromatic carbocycles. The van der Waals surface area contributed by atoms with Crippen LogP contribution in [0.1, 0.15) is 20.7 Å². The van der Waals surface area contributed by atoms with E-state index in [1.165, 1.54) is 30.3 Å². The Hall–Kier alpha value is -3.34. The van der Waals surface area contributed by atoms with Crippen LogP contribution in [0.15, 0.2) is 60.7 Å². The number of phenolic OH excluding ortho intramolecular Hbond substituents is 1. The molecule has 114 valence electrons. The molecule has 0 saturated carbocycles. The quantitative estimate of drug-likeness (QED) is 0.572. The number of rotatable bonds is 3. The summed E-state index contributed by atoms with van der Waals surface area (Å²) >= 11 is 0. The lowest BCUT2D eigenvalue weighted by Crippen LogP contribution is -2.09. The molecule has 0 atom stereocenters. The predicted molar refractivity (Wildman–Crippen MR) is 84.0 cm³/mol. The first-order chi connectivity index (χ1) is 11.0.